The van der Waals surface area contributed by atoms with Gasteiger partial charge >= 0.3 is 0 Å². The van der Waals surface area contributed by atoms with Crippen molar-refractivity contribution in [3.8, 4) is 0 Å². The number of carbonyl (C=O) groups excluding carboxylic acids is 1. The first-order chi connectivity index (χ1) is 9.22. The van der Waals surface area contributed by atoms with Crippen molar-refractivity contribution in [2.24, 2.45) is 0 Å². The van der Waals surface area contributed by atoms with Crippen LogP contribution in [-0.2, 0) is 0 Å². The molecule has 0 aliphatic rings. The standard InChI is InChI=1S/C13H7ClN2O2S/c14-9-1-4-12-8(5-9)6-13(18-12)11(17)3-2-10-7-19-16-15-10/h1-7H/b3-2-. The van der Waals surface area contributed by atoms with Crippen LogP contribution in [0.3, 0.4) is 0 Å². The molecule has 0 radical (unpaired) electrons. The maximum Gasteiger partial charge on any atom is 0.221 e. The van der Waals surface area contributed by atoms with Crippen LogP contribution in [0, 0.1) is 0 Å². The minimum atomic E-state index is -0.222. The number of rotatable bonds is 3. The molecule has 0 amide bonds. The summed E-state index contributed by atoms with van der Waals surface area (Å²) in [5.41, 5.74) is 1.29. The van der Waals surface area contributed by atoms with E-state index < -0.39 is 0 Å². The van der Waals surface area contributed by atoms with Crippen molar-refractivity contribution >= 4 is 46.0 Å². The summed E-state index contributed by atoms with van der Waals surface area (Å²) < 4.78 is 9.17. The largest absolute Gasteiger partial charge is 0.453 e. The fourth-order valence-electron chi connectivity index (χ4n) is 1.62. The van der Waals surface area contributed by atoms with E-state index in [0.717, 1.165) is 5.39 Å². The SMILES string of the molecule is O=C(/C=C\c1csnn1)c1cc2cc(Cl)ccc2o1. The molecule has 0 aliphatic heterocycles. The number of aromatic nitrogens is 2. The average molecular weight is 291 g/mol. The Labute approximate surface area is 117 Å². The van der Waals surface area contributed by atoms with Crippen molar-refractivity contribution in [1.82, 2.24) is 9.59 Å². The Morgan fingerprint density at radius 2 is 2.26 bits per heavy atom. The van der Waals surface area contributed by atoms with Gasteiger partial charge in [-0.15, -0.1) is 5.10 Å². The van der Waals surface area contributed by atoms with Gasteiger partial charge in [0.2, 0.25) is 5.78 Å². The molecule has 0 spiro atoms. The van der Waals surface area contributed by atoms with Gasteiger partial charge in [0, 0.05) is 15.8 Å². The predicted octanol–water partition coefficient (Wildman–Crippen LogP) is 3.83. The van der Waals surface area contributed by atoms with Gasteiger partial charge in [-0.2, -0.15) is 0 Å². The van der Waals surface area contributed by atoms with E-state index in [1.165, 1.54) is 17.6 Å². The van der Waals surface area contributed by atoms with Crippen molar-refractivity contribution in [2.45, 2.75) is 0 Å². The number of hydrogen-bond donors (Lipinski definition) is 0. The van der Waals surface area contributed by atoms with Gasteiger partial charge in [-0.25, -0.2) is 0 Å². The fraction of sp³-hybridized carbons (Fsp3) is 0. The first-order valence-electron chi connectivity index (χ1n) is 5.41. The van der Waals surface area contributed by atoms with Crippen LogP contribution >= 0.6 is 23.1 Å². The quantitative estimate of drug-likeness (QED) is 0.543. The van der Waals surface area contributed by atoms with Crippen LogP contribution < -0.4 is 0 Å². The van der Waals surface area contributed by atoms with E-state index in [4.69, 9.17) is 16.0 Å². The topological polar surface area (TPSA) is 56.0 Å². The number of nitrogens with zero attached hydrogens (tertiary/aromatic N) is 2. The summed E-state index contributed by atoms with van der Waals surface area (Å²) in [5, 5.41) is 6.98. The Balaban J connectivity index is 1.89. The first kappa shape index (κ1) is 12.1. The lowest BCUT2D eigenvalue weighted by Crippen LogP contribution is -1.90. The molecule has 0 aliphatic carbocycles. The molecule has 6 heteroatoms. The Kier molecular flexibility index (Phi) is 3.15. The molecule has 3 aromatic rings. The molecule has 0 unspecified atom stereocenters. The fourth-order valence-corrected chi connectivity index (χ4v) is 2.23. The summed E-state index contributed by atoms with van der Waals surface area (Å²) in [6.07, 6.45) is 3.02. The van der Waals surface area contributed by atoms with Gasteiger partial charge in [-0.05, 0) is 47.9 Å². The number of allylic oxidation sites excluding steroid dienone is 1. The molecule has 94 valence electrons. The van der Waals surface area contributed by atoms with Gasteiger partial charge in [0.05, 0.1) is 5.69 Å². The van der Waals surface area contributed by atoms with E-state index in [9.17, 15) is 4.79 Å². The first-order valence-corrected chi connectivity index (χ1v) is 6.62. The predicted molar refractivity (Wildman–Crippen MR) is 74.5 cm³/mol. The molecule has 19 heavy (non-hydrogen) atoms. The molecule has 3 rings (SSSR count). The van der Waals surface area contributed by atoms with Gasteiger partial charge in [-0.3, -0.25) is 4.79 Å². The summed E-state index contributed by atoms with van der Waals surface area (Å²) in [6, 6.07) is 6.89. The zero-order valence-corrected chi connectivity index (χ0v) is 11.1. The minimum Gasteiger partial charge on any atom is -0.453 e. The highest BCUT2D eigenvalue weighted by Gasteiger charge is 2.09. The van der Waals surface area contributed by atoms with Crippen LogP contribution in [0.15, 0.2) is 40.1 Å². The van der Waals surface area contributed by atoms with Crippen LogP contribution in [0.1, 0.15) is 16.2 Å². The second kappa shape index (κ2) is 4.95. The van der Waals surface area contributed by atoms with Crippen molar-refractivity contribution in [3.05, 3.63) is 52.2 Å². The number of fused-ring (bicyclic) bond motifs is 1. The molecule has 4 nitrogen and oxygen atoms in total. The maximum atomic E-state index is 11.9. The zero-order chi connectivity index (χ0) is 13.2. The second-order valence-electron chi connectivity index (χ2n) is 3.82. The Bertz CT molecular complexity index is 762. The molecule has 0 fully saturated rings. The third-order valence-electron chi connectivity index (χ3n) is 2.50. The number of carbonyl (C=O) groups is 1. The monoisotopic (exact) mass is 290 g/mol. The lowest BCUT2D eigenvalue weighted by molar-refractivity contribution is 0.102. The molecular weight excluding hydrogens is 284 g/mol. The third-order valence-corrected chi connectivity index (χ3v) is 3.26. The van der Waals surface area contributed by atoms with Gasteiger partial charge in [-0.1, -0.05) is 16.1 Å². The van der Waals surface area contributed by atoms with E-state index >= 15 is 0 Å². The van der Waals surface area contributed by atoms with Crippen molar-refractivity contribution in [3.63, 3.8) is 0 Å². The Hall–Kier alpha value is -1.98. The number of furan rings is 1. The number of benzene rings is 1. The van der Waals surface area contributed by atoms with Crippen molar-refractivity contribution in [2.75, 3.05) is 0 Å². The average Bonchev–Trinajstić information content (AvgIpc) is 3.04. The van der Waals surface area contributed by atoms with E-state index in [1.54, 1.807) is 35.7 Å². The highest BCUT2D eigenvalue weighted by molar-refractivity contribution is 7.03. The molecule has 0 saturated carbocycles. The normalized spacial score (nSPS) is 11.4. The maximum absolute atomic E-state index is 11.9. The molecule has 0 saturated heterocycles. The van der Waals surface area contributed by atoms with Crippen LogP contribution in [0.4, 0.5) is 0 Å². The van der Waals surface area contributed by atoms with Crippen LogP contribution in [-0.4, -0.2) is 15.4 Å². The zero-order valence-electron chi connectivity index (χ0n) is 9.54. The lowest BCUT2D eigenvalue weighted by Gasteiger charge is -1.88. The van der Waals surface area contributed by atoms with Gasteiger partial charge < -0.3 is 4.42 Å². The Morgan fingerprint density at radius 1 is 1.37 bits per heavy atom. The lowest BCUT2D eigenvalue weighted by atomic mass is 10.2. The van der Waals surface area contributed by atoms with Crippen LogP contribution in [0.2, 0.25) is 5.02 Å². The van der Waals surface area contributed by atoms with Crippen molar-refractivity contribution < 1.29 is 9.21 Å². The van der Waals surface area contributed by atoms with Gasteiger partial charge in [0.1, 0.15) is 5.58 Å². The minimum absolute atomic E-state index is 0.222. The summed E-state index contributed by atoms with van der Waals surface area (Å²) in [7, 11) is 0. The summed E-state index contributed by atoms with van der Waals surface area (Å²) in [5.74, 6) is 0.0528. The molecule has 2 heterocycles. The molecule has 0 bridgehead atoms. The highest BCUT2D eigenvalue weighted by atomic mass is 35.5. The molecular formula is C13H7ClN2O2S. The molecule has 1 aromatic carbocycles. The summed E-state index contributed by atoms with van der Waals surface area (Å²) >= 11 is 7.11. The summed E-state index contributed by atoms with van der Waals surface area (Å²) in [4.78, 5) is 11.9. The van der Waals surface area contributed by atoms with E-state index in [1.807, 2.05) is 0 Å². The number of halogens is 1. The summed E-state index contributed by atoms with van der Waals surface area (Å²) in [6.45, 7) is 0. The third kappa shape index (κ3) is 2.57. The number of hydrogen-bond acceptors (Lipinski definition) is 5. The Morgan fingerprint density at radius 3 is 3.05 bits per heavy atom. The van der Waals surface area contributed by atoms with Crippen molar-refractivity contribution in [1.29, 1.82) is 0 Å². The van der Waals surface area contributed by atoms with Crippen LogP contribution in [0.5, 0.6) is 0 Å². The van der Waals surface area contributed by atoms with Gasteiger partial charge in [0.25, 0.3) is 0 Å². The van der Waals surface area contributed by atoms with E-state index in [-0.39, 0.29) is 11.5 Å². The molecule has 0 N–H and O–H groups in total. The van der Waals surface area contributed by atoms with E-state index in [2.05, 4.69) is 9.59 Å². The highest BCUT2D eigenvalue weighted by Crippen LogP contribution is 2.23. The van der Waals surface area contributed by atoms with E-state index in [0.29, 0.717) is 16.3 Å². The van der Waals surface area contributed by atoms with Gasteiger partial charge in [0.15, 0.2) is 5.76 Å². The molecule has 2 aromatic heterocycles. The number of ketones is 1. The second-order valence-corrected chi connectivity index (χ2v) is 4.87. The van der Waals surface area contributed by atoms with Crippen LogP contribution in [0.25, 0.3) is 17.0 Å². The smallest absolute Gasteiger partial charge is 0.221 e. The molecule has 0 atom stereocenters.